The molecule has 0 aliphatic carbocycles. The maximum absolute atomic E-state index is 16.8. The van der Waals surface area contributed by atoms with Gasteiger partial charge in [0.05, 0.1) is 10.2 Å². The number of anilines is 2. The molecule has 3 fully saturated rings. The zero-order chi connectivity index (χ0) is 28.4. The molecule has 0 amide bonds. The summed E-state index contributed by atoms with van der Waals surface area (Å²) in [6.45, 7) is 5.92. The number of rotatable bonds is 6. The summed E-state index contributed by atoms with van der Waals surface area (Å²) >= 11 is 1.01. The number of hydrogen-bond donors (Lipinski definition) is 2. The molecule has 2 aromatic carbocycles. The van der Waals surface area contributed by atoms with E-state index < -0.39 is 17.8 Å². The quantitative estimate of drug-likeness (QED) is 0.337. The molecule has 0 radical (unpaired) electrons. The van der Waals surface area contributed by atoms with E-state index >= 15 is 4.39 Å². The fourth-order valence-corrected chi connectivity index (χ4v) is 7.26. The fraction of sp³-hybridized carbons (Fsp3) is 0.414. The third kappa shape index (κ3) is 4.58. The van der Waals surface area contributed by atoms with Crippen molar-refractivity contribution in [3.8, 4) is 17.1 Å². The van der Waals surface area contributed by atoms with Crippen molar-refractivity contribution in [2.45, 2.75) is 43.6 Å². The van der Waals surface area contributed by atoms with Crippen LogP contribution in [-0.2, 0) is 0 Å². The summed E-state index contributed by atoms with van der Waals surface area (Å²) in [4.78, 5) is 17.7. The zero-order valence-electron chi connectivity index (χ0n) is 22.5. The lowest BCUT2D eigenvalue weighted by atomic mass is 9.95. The van der Waals surface area contributed by atoms with Crippen molar-refractivity contribution in [2.75, 3.05) is 43.9 Å². The lowest BCUT2D eigenvalue weighted by Gasteiger charge is -2.34. The summed E-state index contributed by atoms with van der Waals surface area (Å²) in [5.74, 6) is -0.493. The molecular formula is C29H30F3N7OS. The number of piperazine rings is 1. The molecule has 2 aromatic heterocycles. The van der Waals surface area contributed by atoms with E-state index in [-0.39, 0.29) is 45.1 Å². The van der Waals surface area contributed by atoms with Crippen LogP contribution in [-0.4, -0.2) is 77.4 Å². The van der Waals surface area contributed by atoms with Gasteiger partial charge in [0.15, 0.2) is 10.9 Å². The highest BCUT2D eigenvalue weighted by Gasteiger charge is 2.35. The minimum absolute atomic E-state index is 0.0347. The summed E-state index contributed by atoms with van der Waals surface area (Å²) < 4.78 is 51.6. The number of aromatic nitrogens is 3. The Morgan fingerprint density at radius 2 is 1.93 bits per heavy atom. The van der Waals surface area contributed by atoms with Crippen LogP contribution in [0.5, 0.6) is 6.01 Å². The Morgan fingerprint density at radius 3 is 2.63 bits per heavy atom. The van der Waals surface area contributed by atoms with Gasteiger partial charge >= 0.3 is 6.01 Å². The standard InChI is InChI=1S/C29H30F3N7OS/c1-3-14-8-20-24(23(32)22(14)19-6-7-21(31)26-25(19)35-28(33)41-26)36-29(40-13-18-9-15(30)10-38(18)2)37-27(20)39-11-16-4-5-17(12-39)34-16/h3,6-8,15-18,34H,1,4-5,9-13H2,2H3,(H2,33,35)/t15-,16?,17?,18+/m1/s1. The van der Waals surface area contributed by atoms with Crippen LogP contribution in [0.1, 0.15) is 24.8 Å². The van der Waals surface area contributed by atoms with E-state index in [0.29, 0.717) is 47.4 Å². The fourth-order valence-electron chi connectivity index (χ4n) is 6.49. The van der Waals surface area contributed by atoms with Crippen LogP contribution >= 0.6 is 11.3 Å². The Balaban J connectivity index is 1.39. The Morgan fingerprint density at radius 1 is 1.15 bits per heavy atom. The third-order valence-electron chi connectivity index (χ3n) is 8.48. The summed E-state index contributed by atoms with van der Waals surface area (Å²) in [5.41, 5.74) is 7.38. The van der Waals surface area contributed by atoms with Crippen molar-refractivity contribution in [1.82, 2.24) is 25.2 Å². The molecule has 12 heteroatoms. The number of benzene rings is 2. The third-order valence-corrected chi connectivity index (χ3v) is 9.37. The van der Waals surface area contributed by atoms with Gasteiger partial charge in [0.1, 0.15) is 29.9 Å². The first-order valence-corrected chi connectivity index (χ1v) is 14.6. The van der Waals surface area contributed by atoms with Crippen LogP contribution in [0.4, 0.5) is 24.1 Å². The molecule has 3 N–H and O–H groups in total. The normalized spacial score (nSPS) is 24.5. The van der Waals surface area contributed by atoms with Gasteiger partial charge in [-0.1, -0.05) is 24.0 Å². The number of nitrogens with one attached hydrogen (secondary N) is 1. The SMILES string of the molecule is C=Cc1cc2c(N3CC4CCC(C3)N4)nc(OC[C@@H]3C[C@@H](F)CN3C)nc2c(F)c1-c1ccc(F)c2sc(N)nc12. The molecule has 4 atom stereocenters. The van der Waals surface area contributed by atoms with Gasteiger partial charge in [0.25, 0.3) is 0 Å². The number of nitrogens with two attached hydrogens (primary N) is 1. The second kappa shape index (κ2) is 10.1. The summed E-state index contributed by atoms with van der Waals surface area (Å²) in [6, 6.07) is 5.17. The van der Waals surface area contributed by atoms with Gasteiger partial charge in [-0.2, -0.15) is 9.97 Å². The van der Waals surface area contributed by atoms with Gasteiger partial charge in [-0.15, -0.1) is 0 Å². The molecule has 0 saturated carbocycles. The molecule has 4 aromatic rings. The second-order valence-electron chi connectivity index (χ2n) is 11.2. The number of nitrogen functional groups attached to an aromatic ring is 1. The van der Waals surface area contributed by atoms with Gasteiger partial charge in [-0.25, -0.2) is 18.2 Å². The van der Waals surface area contributed by atoms with Crippen LogP contribution < -0.4 is 20.7 Å². The minimum Gasteiger partial charge on any atom is -0.462 e. The molecule has 3 saturated heterocycles. The lowest BCUT2D eigenvalue weighted by Crippen LogP contribution is -2.51. The van der Waals surface area contributed by atoms with Crippen LogP contribution in [0.2, 0.25) is 0 Å². The maximum Gasteiger partial charge on any atom is 0.319 e. The zero-order valence-corrected chi connectivity index (χ0v) is 23.4. The molecule has 3 aliphatic rings. The Bertz CT molecular complexity index is 1670. The highest BCUT2D eigenvalue weighted by Crippen LogP contribution is 2.42. The molecule has 2 bridgehead atoms. The number of halogens is 3. The second-order valence-corrected chi connectivity index (χ2v) is 12.2. The first-order valence-electron chi connectivity index (χ1n) is 13.8. The van der Waals surface area contributed by atoms with Crippen LogP contribution in [0.25, 0.3) is 38.3 Å². The molecule has 214 valence electrons. The summed E-state index contributed by atoms with van der Waals surface area (Å²) in [7, 11) is 1.86. The first-order chi connectivity index (χ1) is 19.8. The van der Waals surface area contributed by atoms with Crippen molar-refractivity contribution in [3.63, 3.8) is 0 Å². The average molecular weight is 582 g/mol. The molecule has 41 heavy (non-hydrogen) atoms. The largest absolute Gasteiger partial charge is 0.462 e. The van der Waals surface area contributed by atoms with E-state index in [1.54, 1.807) is 6.08 Å². The minimum atomic E-state index is -0.914. The smallest absolute Gasteiger partial charge is 0.319 e. The first kappa shape index (κ1) is 26.4. The molecular weight excluding hydrogens is 551 g/mol. The number of likely N-dealkylation sites (tertiary alicyclic amines) is 1. The van der Waals surface area contributed by atoms with Crippen molar-refractivity contribution in [1.29, 1.82) is 0 Å². The predicted octanol–water partition coefficient (Wildman–Crippen LogP) is 4.77. The van der Waals surface area contributed by atoms with Gasteiger partial charge in [0, 0.05) is 54.3 Å². The highest BCUT2D eigenvalue weighted by molar-refractivity contribution is 7.22. The van der Waals surface area contributed by atoms with E-state index in [4.69, 9.17) is 15.5 Å². The van der Waals surface area contributed by atoms with Crippen molar-refractivity contribution < 1.29 is 17.9 Å². The maximum atomic E-state index is 16.8. The van der Waals surface area contributed by atoms with E-state index in [1.807, 2.05) is 18.0 Å². The number of likely N-dealkylation sites (N-methyl/N-ethyl adjacent to an activating group) is 1. The predicted molar refractivity (Wildman–Crippen MR) is 156 cm³/mol. The van der Waals surface area contributed by atoms with E-state index in [9.17, 15) is 8.78 Å². The van der Waals surface area contributed by atoms with Gasteiger partial charge in [-0.3, -0.25) is 4.90 Å². The number of ether oxygens (including phenoxy) is 1. The van der Waals surface area contributed by atoms with Gasteiger partial charge in [0.2, 0.25) is 0 Å². The van der Waals surface area contributed by atoms with Crippen LogP contribution in [0.15, 0.2) is 24.8 Å². The van der Waals surface area contributed by atoms with E-state index in [1.165, 1.54) is 12.1 Å². The monoisotopic (exact) mass is 581 g/mol. The molecule has 2 unspecified atom stereocenters. The summed E-state index contributed by atoms with van der Waals surface area (Å²) in [6.07, 6.45) is 3.15. The highest BCUT2D eigenvalue weighted by atomic mass is 32.1. The molecule has 5 heterocycles. The Hall–Kier alpha value is -3.48. The van der Waals surface area contributed by atoms with Crippen LogP contribution in [0.3, 0.4) is 0 Å². The molecule has 3 aliphatic heterocycles. The molecule has 8 nitrogen and oxygen atoms in total. The van der Waals surface area contributed by atoms with Crippen molar-refractivity contribution in [3.05, 3.63) is 42.0 Å². The average Bonchev–Trinajstić information content (AvgIpc) is 3.62. The van der Waals surface area contributed by atoms with Gasteiger partial charge in [-0.05, 0) is 50.1 Å². The number of thiazole rings is 1. The summed E-state index contributed by atoms with van der Waals surface area (Å²) in [5, 5.41) is 4.34. The van der Waals surface area contributed by atoms with Crippen LogP contribution in [0, 0.1) is 11.6 Å². The number of alkyl halides is 1. The van der Waals surface area contributed by atoms with Crippen molar-refractivity contribution >= 4 is 49.5 Å². The number of fused-ring (bicyclic) bond motifs is 4. The molecule has 7 rings (SSSR count). The topological polar surface area (TPSA) is 92.4 Å². The van der Waals surface area contributed by atoms with Crippen molar-refractivity contribution in [2.24, 2.45) is 0 Å². The number of nitrogens with zero attached hydrogens (tertiary/aromatic N) is 5. The molecule has 0 spiro atoms. The van der Waals surface area contributed by atoms with E-state index in [0.717, 1.165) is 37.3 Å². The van der Waals surface area contributed by atoms with Gasteiger partial charge < -0.3 is 20.7 Å². The Kier molecular flexibility index (Phi) is 6.51. The lowest BCUT2D eigenvalue weighted by molar-refractivity contribution is 0.188. The Labute approximate surface area is 239 Å². The number of hydrogen-bond acceptors (Lipinski definition) is 9. The van der Waals surface area contributed by atoms with E-state index in [2.05, 4.69) is 26.8 Å².